The molecule has 0 aliphatic carbocycles. The Morgan fingerprint density at radius 1 is 1.67 bits per heavy atom. The Morgan fingerprint density at radius 2 is 2.33 bits per heavy atom. The molecule has 1 aromatic rings. The van der Waals surface area contributed by atoms with Gasteiger partial charge in [0.15, 0.2) is 11.0 Å². The molecule has 1 rings (SSSR count). The summed E-state index contributed by atoms with van der Waals surface area (Å²) in [6.07, 6.45) is 1.58. The zero-order valence-electron chi connectivity index (χ0n) is 4.86. The molecule has 0 aromatic carbocycles. The second kappa shape index (κ2) is 2.45. The molecule has 0 spiro atoms. The van der Waals surface area contributed by atoms with Crippen molar-refractivity contribution in [2.24, 2.45) is 0 Å². The van der Waals surface area contributed by atoms with Crippen LogP contribution in [0.2, 0.25) is 5.15 Å². The molecule has 0 aliphatic heterocycles. The molecule has 9 heavy (non-hydrogen) atoms. The first kappa shape index (κ1) is 6.70. The van der Waals surface area contributed by atoms with Gasteiger partial charge in [-0.2, -0.15) is 0 Å². The molecular weight excluding hydrogens is 157 g/mol. The maximum absolute atomic E-state index is 12.4. The summed E-state index contributed by atoms with van der Waals surface area (Å²) in [6.45, 7) is 0. The van der Waals surface area contributed by atoms with Crippen LogP contribution in [0.3, 0.4) is 0 Å². The van der Waals surface area contributed by atoms with E-state index in [0.717, 1.165) is 15.4 Å². The van der Waals surface area contributed by atoms with Crippen LogP contribution in [0.5, 0.6) is 0 Å². The minimum atomic E-state index is -0.427. The van der Waals surface area contributed by atoms with Gasteiger partial charge in [0.25, 0.3) is 0 Å². The van der Waals surface area contributed by atoms with Gasteiger partial charge in [-0.3, -0.25) is 0 Å². The van der Waals surface area contributed by atoms with Gasteiger partial charge in [0, 0.05) is 16.4 Å². The van der Waals surface area contributed by atoms with Crippen molar-refractivity contribution >= 4 is 27.0 Å². The van der Waals surface area contributed by atoms with Crippen LogP contribution in [-0.2, 0) is 0 Å². The molecule has 0 bridgehead atoms. The van der Waals surface area contributed by atoms with Crippen molar-refractivity contribution in [3.63, 3.8) is 0 Å². The molecule has 0 aliphatic rings. The Kier molecular flexibility index (Phi) is 1.83. The summed E-state index contributed by atoms with van der Waals surface area (Å²) in [7, 11) is 0.809. The zero-order valence-corrected chi connectivity index (χ0v) is 7.61. The van der Waals surface area contributed by atoms with E-state index in [0.29, 0.717) is 0 Å². The lowest BCUT2D eigenvalue weighted by Gasteiger charge is -1.92. The third-order valence-corrected chi connectivity index (χ3v) is 1.76. The lowest BCUT2D eigenvalue weighted by Crippen LogP contribution is -2.03. The highest BCUT2D eigenvalue weighted by Gasteiger charge is 1.97. The highest BCUT2D eigenvalue weighted by atomic mass is 35.5. The van der Waals surface area contributed by atoms with E-state index in [1.807, 2.05) is 0 Å². The number of pyridine rings is 1. The summed E-state index contributed by atoms with van der Waals surface area (Å²) >= 11 is 5.31. The monoisotopic (exact) mass is 161 g/mol. The molecule has 0 saturated heterocycles. The molecule has 0 atom stereocenters. The molecule has 1 aromatic heterocycles. The number of hydrogen-bond donors (Lipinski definition) is 0. The van der Waals surface area contributed by atoms with E-state index in [1.165, 1.54) is 6.07 Å². The summed E-state index contributed by atoms with van der Waals surface area (Å²) < 4.78 is 12.4. The van der Waals surface area contributed by atoms with Crippen LogP contribution in [0.1, 0.15) is 0 Å². The lowest BCUT2D eigenvalue weighted by molar-refractivity contribution is 0.623. The van der Waals surface area contributed by atoms with Crippen LogP contribution in [0.15, 0.2) is 12.3 Å². The van der Waals surface area contributed by atoms with E-state index in [-0.39, 0.29) is 5.15 Å². The standard InChI is InChI=1S/C5H5ClFNSi/c6-5-4(7)1-3(9)2-8-5/h1-2H,9H3. The molecule has 0 N–H and O–H groups in total. The van der Waals surface area contributed by atoms with Crippen molar-refractivity contribution in [3.8, 4) is 0 Å². The van der Waals surface area contributed by atoms with Crippen LogP contribution >= 0.6 is 11.6 Å². The van der Waals surface area contributed by atoms with Gasteiger partial charge in [0.1, 0.15) is 0 Å². The van der Waals surface area contributed by atoms with Crippen molar-refractivity contribution in [1.29, 1.82) is 0 Å². The van der Waals surface area contributed by atoms with Crippen molar-refractivity contribution in [2.75, 3.05) is 0 Å². The maximum Gasteiger partial charge on any atom is 0.164 e. The first-order valence-electron chi connectivity index (χ1n) is 2.48. The highest BCUT2D eigenvalue weighted by Crippen LogP contribution is 2.05. The maximum atomic E-state index is 12.4. The Morgan fingerprint density at radius 3 is 2.78 bits per heavy atom. The number of hydrogen-bond acceptors (Lipinski definition) is 1. The number of rotatable bonds is 0. The number of nitrogens with zero attached hydrogens (tertiary/aromatic N) is 1. The molecule has 0 unspecified atom stereocenters. The van der Waals surface area contributed by atoms with Gasteiger partial charge in [-0.25, -0.2) is 9.37 Å². The second-order valence-corrected chi connectivity index (χ2v) is 3.30. The Balaban J connectivity index is 3.17. The fourth-order valence-corrected chi connectivity index (χ4v) is 1.00. The number of aromatic nitrogens is 1. The van der Waals surface area contributed by atoms with Crippen molar-refractivity contribution in [1.82, 2.24) is 4.98 Å². The number of halogens is 2. The van der Waals surface area contributed by atoms with Crippen LogP contribution in [0, 0.1) is 5.82 Å². The molecule has 1 nitrogen and oxygen atoms in total. The van der Waals surface area contributed by atoms with Crippen molar-refractivity contribution in [2.45, 2.75) is 0 Å². The van der Waals surface area contributed by atoms with Gasteiger partial charge in [0.2, 0.25) is 0 Å². The minimum absolute atomic E-state index is 0.0467. The largest absolute Gasteiger partial charge is 0.242 e. The van der Waals surface area contributed by atoms with Gasteiger partial charge < -0.3 is 0 Å². The fraction of sp³-hybridized carbons (Fsp3) is 0. The van der Waals surface area contributed by atoms with E-state index in [1.54, 1.807) is 6.20 Å². The van der Waals surface area contributed by atoms with Gasteiger partial charge in [-0.1, -0.05) is 11.6 Å². The van der Waals surface area contributed by atoms with Gasteiger partial charge in [-0.15, -0.1) is 0 Å². The van der Waals surface area contributed by atoms with Crippen molar-refractivity contribution < 1.29 is 4.39 Å². The fourth-order valence-electron chi connectivity index (χ4n) is 0.517. The average Bonchev–Trinajstić information content (AvgIpc) is 1.80. The Bertz CT molecular complexity index is 228. The molecule has 0 radical (unpaired) electrons. The van der Waals surface area contributed by atoms with E-state index in [9.17, 15) is 4.39 Å². The van der Waals surface area contributed by atoms with E-state index >= 15 is 0 Å². The topological polar surface area (TPSA) is 12.9 Å². The van der Waals surface area contributed by atoms with Gasteiger partial charge in [-0.05, 0) is 11.3 Å². The third-order valence-electron chi connectivity index (χ3n) is 0.933. The lowest BCUT2D eigenvalue weighted by atomic mass is 10.5. The summed E-state index contributed by atoms with van der Waals surface area (Å²) in [6, 6.07) is 1.40. The second-order valence-electron chi connectivity index (χ2n) is 1.79. The average molecular weight is 162 g/mol. The molecule has 0 amide bonds. The first-order chi connectivity index (χ1) is 4.20. The molecule has 1 heterocycles. The predicted octanol–water partition coefficient (Wildman–Crippen LogP) is -0.135. The van der Waals surface area contributed by atoms with Crippen molar-refractivity contribution in [3.05, 3.63) is 23.2 Å². The van der Waals surface area contributed by atoms with Crippen LogP contribution in [0.25, 0.3) is 0 Å². The predicted molar refractivity (Wildman–Crippen MR) is 38.8 cm³/mol. The molecule has 4 heteroatoms. The van der Waals surface area contributed by atoms with E-state index in [2.05, 4.69) is 4.98 Å². The van der Waals surface area contributed by atoms with Gasteiger partial charge in [0.05, 0.1) is 0 Å². The minimum Gasteiger partial charge on any atom is -0.242 e. The summed E-state index contributed by atoms with van der Waals surface area (Å²) in [5.41, 5.74) is 0. The quantitative estimate of drug-likeness (QED) is 0.382. The smallest absolute Gasteiger partial charge is 0.164 e. The molecule has 0 fully saturated rings. The Labute approximate surface area is 60.3 Å². The van der Waals surface area contributed by atoms with Crippen LogP contribution in [-0.4, -0.2) is 15.2 Å². The van der Waals surface area contributed by atoms with E-state index < -0.39 is 5.82 Å². The first-order valence-corrected chi connectivity index (χ1v) is 3.85. The molecular formula is C5H5ClFNSi. The van der Waals surface area contributed by atoms with Crippen LogP contribution < -0.4 is 5.19 Å². The summed E-state index contributed by atoms with van der Waals surface area (Å²) in [5.74, 6) is -0.427. The molecule has 48 valence electrons. The SMILES string of the molecule is Fc1cc([SiH3])cnc1Cl. The summed E-state index contributed by atoms with van der Waals surface area (Å²) in [5, 5.41) is 0.867. The normalized spacial score (nSPS) is 10.0. The van der Waals surface area contributed by atoms with E-state index in [4.69, 9.17) is 11.6 Å². The summed E-state index contributed by atoms with van der Waals surface area (Å²) in [4.78, 5) is 3.60. The zero-order chi connectivity index (χ0) is 6.85. The van der Waals surface area contributed by atoms with Gasteiger partial charge >= 0.3 is 0 Å². The highest BCUT2D eigenvalue weighted by molar-refractivity contribution is 6.33. The molecule has 0 saturated carbocycles. The Hall–Kier alpha value is -0.413. The van der Waals surface area contributed by atoms with Crippen LogP contribution in [0.4, 0.5) is 4.39 Å². The third kappa shape index (κ3) is 1.49.